The highest BCUT2D eigenvalue weighted by Crippen LogP contribution is 2.30. The predicted molar refractivity (Wildman–Crippen MR) is 79.9 cm³/mol. The molecular formula is C17H26O3. The van der Waals surface area contributed by atoms with Gasteiger partial charge in [-0.2, -0.15) is 0 Å². The van der Waals surface area contributed by atoms with Gasteiger partial charge in [0.1, 0.15) is 18.3 Å². The Bertz CT molecular complexity index is 383. The molecule has 112 valence electrons. The summed E-state index contributed by atoms with van der Waals surface area (Å²) in [4.78, 5) is 0. The Labute approximate surface area is 122 Å². The molecule has 0 bridgehead atoms. The monoisotopic (exact) mass is 278 g/mol. The van der Waals surface area contributed by atoms with E-state index in [1.165, 1.54) is 25.7 Å². The van der Waals surface area contributed by atoms with Crippen LogP contribution in [0.2, 0.25) is 0 Å². The van der Waals surface area contributed by atoms with Crippen molar-refractivity contribution >= 4 is 0 Å². The van der Waals surface area contributed by atoms with Crippen LogP contribution in [-0.2, 0) is 4.74 Å². The number of unbranched alkanes of at least 4 members (excludes halogenated alkanes) is 4. The molecule has 1 rings (SSSR count). The second-order valence-corrected chi connectivity index (χ2v) is 5.25. The number of epoxide rings is 1. The average Bonchev–Trinajstić information content (AvgIpc) is 3.22. The van der Waals surface area contributed by atoms with E-state index in [-0.39, 0.29) is 12.2 Å². The van der Waals surface area contributed by atoms with Gasteiger partial charge in [-0.3, -0.25) is 0 Å². The second-order valence-electron chi connectivity index (χ2n) is 5.25. The van der Waals surface area contributed by atoms with Crippen molar-refractivity contribution in [1.82, 2.24) is 0 Å². The number of aliphatic hydroxyl groups excluding tert-OH is 2. The first kappa shape index (κ1) is 17.1. The zero-order valence-electron chi connectivity index (χ0n) is 12.6. The molecule has 1 fully saturated rings. The Hall–Kier alpha value is -1.00. The minimum Gasteiger partial charge on any atom is -0.380 e. The summed E-state index contributed by atoms with van der Waals surface area (Å²) < 4.78 is 5.43. The molecule has 0 saturated carbocycles. The number of aliphatic hydroxyl groups is 2. The highest BCUT2D eigenvalue weighted by molar-refractivity contribution is 5.29. The van der Waals surface area contributed by atoms with E-state index < -0.39 is 12.2 Å². The first-order valence-electron chi connectivity index (χ1n) is 7.71. The molecule has 3 nitrogen and oxygen atoms in total. The van der Waals surface area contributed by atoms with Crippen LogP contribution in [0.5, 0.6) is 0 Å². The maximum absolute atomic E-state index is 9.79. The summed E-state index contributed by atoms with van der Waals surface area (Å²) in [6, 6.07) is 0. The summed E-state index contributed by atoms with van der Waals surface area (Å²) in [5.41, 5.74) is 0. The minimum absolute atomic E-state index is 0.147. The number of ether oxygens (including phenoxy) is 1. The molecule has 3 heteroatoms. The molecule has 0 aromatic rings. The van der Waals surface area contributed by atoms with Crippen molar-refractivity contribution in [3.05, 3.63) is 0 Å². The molecule has 0 radical (unpaired) electrons. The zero-order valence-corrected chi connectivity index (χ0v) is 12.6. The van der Waals surface area contributed by atoms with Crippen molar-refractivity contribution in [2.45, 2.75) is 83.2 Å². The number of rotatable bonds is 8. The topological polar surface area (TPSA) is 53.0 Å². The van der Waals surface area contributed by atoms with Gasteiger partial charge in [-0.05, 0) is 24.7 Å². The number of hydrogen-bond donors (Lipinski definition) is 2. The van der Waals surface area contributed by atoms with E-state index in [0.717, 1.165) is 12.8 Å². The zero-order chi connectivity index (χ0) is 14.8. The highest BCUT2D eigenvalue weighted by atomic mass is 16.6. The SMILES string of the molecule is CCCCCCCC1OC1C(O)C#CC#CC(O)CC. The molecule has 1 saturated heterocycles. The molecule has 20 heavy (non-hydrogen) atoms. The Balaban J connectivity index is 2.15. The van der Waals surface area contributed by atoms with E-state index in [4.69, 9.17) is 4.74 Å². The third kappa shape index (κ3) is 6.96. The Morgan fingerprint density at radius 1 is 1.00 bits per heavy atom. The molecule has 0 spiro atoms. The minimum atomic E-state index is -0.760. The van der Waals surface area contributed by atoms with Crippen LogP contribution >= 0.6 is 0 Å². The second kappa shape index (κ2) is 9.83. The van der Waals surface area contributed by atoms with Gasteiger partial charge in [-0.15, -0.1) is 0 Å². The number of hydrogen-bond acceptors (Lipinski definition) is 3. The van der Waals surface area contributed by atoms with Gasteiger partial charge in [0.2, 0.25) is 0 Å². The van der Waals surface area contributed by atoms with Crippen LogP contribution < -0.4 is 0 Å². The quantitative estimate of drug-likeness (QED) is 0.407. The van der Waals surface area contributed by atoms with Gasteiger partial charge in [-0.25, -0.2) is 0 Å². The molecule has 0 amide bonds. The van der Waals surface area contributed by atoms with Gasteiger partial charge < -0.3 is 14.9 Å². The van der Waals surface area contributed by atoms with Crippen molar-refractivity contribution in [2.75, 3.05) is 0 Å². The molecular weight excluding hydrogens is 252 g/mol. The normalized spacial score (nSPS) is 23.0. The van der Waals surface area contributed by atoms with Crippen molar-refractivity contribution in [3.8, 4) is 23.7 Å². The van der Waals surface area contributed by atoms with Gasteiger partial charge in [0.25, 0.3) is 0 Å². The predicted octanol–water partition coefficient (Wildman–Crippen LogP) is 2.25. The lowest BCUT2D eigenvalue weighted by atomic mass is 10.1. The van der Waals surface area contributed by atoms with Gasteiger partial charge in [0.15, 0.2) is 0 Å². The van der Waals surface area contributed by atoms with Gasteiger partial charge in [0.05, 0.1) is 6.10 Å². The third-order valence-electron chi connectivity index (χ3n) is 3.43. The van der Waals surface area contributed by atoms with Crippen LogP contribution in [0.3, 0.4) is 0 Å². The molecule has 1 aliphatic heterocycles. The van der Waals surface area contributed by atoms with Crippen molar-refractivity contribution < 1.29 is 14.9 Å². The van der Waals surface area contributed by atoms with Crippen molar-refractivity contribution in [2.24, 2.45) is 0 Å². The average molecular weight is 278 g/mol. The van der Waals surface area contributed by atoms with Crippen molar-refractivity contribution in [3.63, 3.8) is 0 Å². The first-order chi connectivity index (χ1) is 9.69. The smallest absolute Gasteiger partial charge is 0.144 e. The highest BCUT2D eigenvalue weighted by Gasteiger charge is 2.42. The summed E-state index contributed by atoms with van der Waals surface area (Å²) >= 11 is 0. The Kier molecular flexibility index (Phi) is 8.38. The van der Waals surface area contributed by atoms with Gasteiger partial charge in [-0.1, -0.05) is 57.8 Å². The molecule has 1 aliphatic rings. The lowest BCUT2D eigenvalue weighted by Gasteiger charge is -1.98. The van der Waals surface area contributed by atoms with Crippen LogP contribution in [0.15, 0.2) is 0 Å². The summed E-state index contributed by atoms with van der Waals surface area (Å²) in [5.74, 6) is 10.4. The molecule has 4 atom stereocenters. The van der Waals surface area contributed by atoms with Crippen LogP contribution in [0, 0.1) is 23.7 Å². The van der Waals surface area contributed by atoms with Crippen LogP contribution in [-0.4, -0.2) is 34.6 Å². The molecule has 0 aromatic carbocycles. The molecule has 0 aliphatic carbocycles. The molecule has 2 N–H and O–H groups in total. The summed E-state index contributed by atoms with van der Waals surface area (Å²) in [7, 11) is 0. The fourth-order valence-electron chi connectivity index (χ4n) is 2.03. The standard InChI is InChI=1S/C17H26O3/c1-3-5-6-7-8-13-16-17(20-16)15(19)12-10-9-11-14(18)4-2/h14-19H,3-8,13H2,1-2H3. The summed E-state index contributed by atoms with van der Waals surface area (Å²) in [5, 5.41) is 19.0. The Morgan fingerprint density at radius 3 is 2.40 bits per heavy atom. The van der Waals surface area contributed by atoms with Gasteiger partial charge >= 0.3 is 0 Å². The fourth-order valence-corrected chi connectivity index (χ4v) is 2.03. The lowest BCUT2D eigenvalue weighted by molar-refractivity contribution is 0.185. The third-order valence-corrected chi connectivity index (χ3v) is 3.43. The van der Waals surface area contributed by atoms with Crippen LogP contribution in [0.4, 0.5) is 0 Å². The van der Waals surface area contributed by atoms with E-state index in [1.54, 1.807) is 0 Å². The van der Waals surface area contributed by atoms with E-state index in [9.17, 15) is 10.2 Å². The van der Waals surface area contributed by atoms with E-state index in [1.807, 2.05) is 6.92 Å². The van der Waals surface area contributed by atoms with E-state index >= 15 is 0 Å². The lowest BCUT2D eigenvalue weighted by Crippen LogP contribution is -2.14. The van der Waals surface area contributed by atoms with E-state index in [0.29, 0.717) is 6.42 Å². The largest absolute Gasteiger partial charge is 0.380 e. The fraction of sp³-hybridized carbons (Fsp3) is 0.765. The summed E-state index contributed by atoms with van der Waals surface area (Å²) in [6.07, 6.45) is 6.45. The molecule has 0 aromatic heterocycles. The first-order valence-corrected chi connectivity index (χ1v) is 7.71. The van der Waals surface area contributed by atoms with Crippen LogP contribution in [0.1, 0.15) is 58.8 Å². The van der Waals surface area contributed by atoms with Crippen molar-refractivity contribution in [1.29, 1.82) is 0 Å². The van der Waals surface area contributed by atoms with Crippen LogP contribution in [0.25, 0.3) is 0 Å². The molecule has 4 unspecified atom stereocenters. The summed E-state index contributed by atoms with van der Waals surface area (Å²) in [6.45, 7) is 4.06. The maximum atomic E-state index is 9.79. The molecule has 1 heterocycles. The maximum Gasteiger partial charge on any atom is 0.144 e. The Morgan fingerprint density at radius 2 is 1.70 bits per heavy atom. The van der Waals surface area contributed by atoms with Gasteiger partial charge in [0, 0.05) is 0 Å². The van der Waals surface area contributed by atoms with E-state index in [2.05, 4.69) is 30.6 Å².